The zero-order valence-electron chi connectivity index (χ0n) is 18.5. The Balaban J connectivity index is 1.52. The first kappa shape index (κ1) is 22.5. The van der Waals surface area contributed by atoms with Crippen molar-refractivity contribution in [3.63, 3.8) is 0 Å². The maximum Gasteiger partial charge on any atom is 0.255 e. The van der Waals surface area contributed by atoms with Crippen molar-refractivity contribution in [2.24, 2.45) is 11.8 Å². The van der Waals surface area contributed by atoms with E-state index in [0.29, 0.717) is 55.2 Å². The summed E-state index contributed by atoms with van der Waals surface area (Å²) in [5.41, 5.74) is 2.91. The molecule has 2 aromatic carbocycles. The predicted molar refractivity (Wildman–Crippen MR) is 122 cm³/mol. The second-order valence-corrected chi connectivity index (χ2v) is 8.60. The highest BCUT2D eigenvalue weighted by Crippen LogP contribution is 2.20. The second-order valence-electron chi connectivity index (χ2n) is 8.60. The Labute approximate surface area is 184 Å². The van der Waals surface area contributed by atoms with Crippen LogP contribution in [0.3, 0.4) is 0 Å². The molecule has 3 amide bonds. The summed E-state index contributed by atoms with van der Waals surface area (Å²) in [6.45, 7) is 7.95. The monoisotopic (exact) mass is 421 g/mol. The standard InChI is InChI=1S/C25H31N3O3/c1-17(2)16-26-23(29)20-12-14-28(15-13-20)25(31)21-8-10-22(11-9-21)27-24(30)19-6-4-18(3)5-7-19/h4-11,17,20H,12-16H2,1-3H3,(H,26,29)(H,27,30). The Morgan fingerprint density at radius 2 is 1.52 bits per heavy atom. The zero-order valence-corrected chi connectivity index (χ0v) is 18.5. The fourth-order valence-electron chi connectivity index (χ4n) is 3.58. The van der Waals surface area contributed by atoms with Gasteiger partial charge in [-0.1, -0.05) is 31.5 Å². The molecule has 1 aliphatic heterocycles. The molecule has 0 bridgehead atoms. The molecule has 0 spiro atoms. The maximum atomic E-state index is 12.8. The molecule has 0 aromatic heterocycles. The molecular formula is C25H31N3O3. The van der Waals surface area contributed by atoms with Crippen LogP contribution in [0.5, 0.6) is 0 Å². The van der Waals surface area contributed by atoms with Crippen LogP contribution in [0.15, 0.2) is 48.5 Å². The number of anilines is 1. The molecule has 0 atom stereocenters. The van der Waals surface area contributed by atoms with Crippen molar-refractivity contribution < 1.29 is 14.4 Å². The molecule has 1 fully saturated rings. The molecule has 1 saturated heterocycles. The van der Waals surface area contributed by atoms with Gasteiger partial charge in [-0.3, -0.25) is 14.4 Å². The van der Waals surface area contributed by atoms with Gasteiger partial charge in [-0.15, -0.1) is 0 Å². The fourth-order valence-corrected chi connectivity index (χ4v) is 3.58. The molecule has 2 aromatic rings. The predicted octanol–water partition coefficient (Wildman–Crippen LogP) is 3.87. The SMILES string of the molecule is Cc1ccc(C(=O)Nc2ccc(C(=O)N3CCC(C(=O)NCC(C)C)CC3)cc2)cc1. The number of hydrogen-bond acceptors (Lipinski definition) is 3. The minimum atomic E-state index is -0.183. The second kappa shape index (κ2) is 10.2. The summed E-state index contributed by atoms with van der Waals surface area (Å²) in [7, 11) is 0. The van der Waals surface area contributed by atoms with Gasteiger partial charge < -0.3 is 15.5 Å². The van der Waals surface area contributed by atoms with Crippen LogP contribution in [0.2, 0.25) is 0 Å². The van der Waals surface area contributed by atoms with E-state index in [-0.39, 0.29) is 23.6 Å². The summed E-state index contributed by atoms with van der Waals surface area (Å²) in [5.74, 6) is 0.265. The van der Waals surface area contributed by atoms with E-state index in [4.69, 9.17) is 0 Å². The highest BCUT2D eigenvalue weighted by Gasteiger charge is 2.27. The number of nitrogens with zero attached hydrogens (tertiary/aromatic N) is 1. The van der Waals surface area contributed by atoms with E-state index in [1.165, 1.54) is 0 Å². The van der Waals surface area contributed by atoms with Crippen LogP contribution in [0.1, 0.15) is 53.0 Å². The summed E-state index contributed by atoms with van der Waals surface area (Å²) in [6.07, 6.45) is 1.36. The van der Waals surface area contributed by atoms with Gasteiger partial charge in [-0.25, -0.2) is 0 Å². The number of rotatable bonds is 6. The van der Waals surface area contributed by atoms with Crippen molar-refractivity contribution in [3.05, 3.63) is 65.2 Å². The van der Waals surface area contributed by atoms with Gasteiger partial charge in [-0.05, 0) is 62.1 Å². The van der Waals surface area contributed by atoms with Crippen molar-refractivity contribution in [3.8, 4) is 0 Å². The molecule has 164 valence electrons. The molecule has 6 heteroatoms. The van der Waals surface area contributed by atoms with Crippen molar-refractivity contribution in [2.75, 3.05) is 25.0 Å². The minimum Gasteiger partial charge on any atom is -0.356 e. The lowest BCUT2D eigenvalue weighted by Gasteiger charge is -2.31. The molecular weight excluding hydrogens is 390 g/mol. The van der Waals surface area contributed by atoms with Gasteiger partial charge in [0.2, 0.25) is 5.91 Å². The Morgan fingerprint density at radius 1 is 0.935 bits per heavy atom. The smallest absolute Gasteiger partial charge is 0.255 e. The van der Waals surface area contributed by atoms with Gasteiger partial charge in [0.1, 0.15) is 0 Å². The Bertz CT molecular complexity index is 912. The first-order chi connectivity index (χ1) is 14.8. The van der Waals surface area contributed by atoms with E-state index in [1.54, 1.807) is 41.3 Å². The van der Waals surface area contributed by atoms with Crippen LogP contribution < -0.4 is 10.6 Å². The molecule has 0 unspecified atom stereocenters. The number of likely N-dealkylation sites (tertiary alicyclic amines) is 1. The molecule has 2 N–H and O–H groups in total. The third-order valence-corrected chi connectivity index (χ3v) is 5.54. The van der Waals surface area contributed by atoms with Gasteiger partial charge in [0.25, 0.3) is 11.8 Å². The van der Waals surface area contributed by atoms with Crippen LogP contribution in [-0.4, -0.2) is 42.3 Å². The van der Waals surface area contributed by atoms with Crippen molar-refractivity contribution in [1.29, 1.82) is 0 Å². The van der Waals surface area contributed by atoms with E-state index in [2.05, 4.69) is 24.5 Å². The molecule has 1 aliphatic rings. The largest absolute Gasteiger partial charge is 0.356 e. The van der Waals surface area contributed by atoms with Gasteiger partial charge >= 0.3 is 0 Å². The molecule has 31 heavy (non-hydrogen) atoms. The Morgan fingerprint density at radius 3 is 2.10 bits per heavy atom. The Hall–Kier alpha value is -3.15. The number of hydrogen-bond donors (Lipinski definition) is 2. The van der Waals surface area contributed by atoms with E-state index in [9.17, 15) is 14.4 Å². The van der Waals surface area contributed by atoms with E-state index >= 15 is 0 Å². The lowest BCUT2D eigenvalue weighted by Crippen LogP contribution is -2.43. The van der Waals surface area contributed by atoms with Crippen molar-refractivity contribution in [1.82, 2.24) is 10.2 Å². The number of nitrogens with one attached hydrogen (secondary N) is 2. The lowest BCUT2D eigenvalue weighted by molar-refractivity contribution is -0.126. The van der Waals surface area contributed by atoms with E-state index < -0.39 is 0 Å². The maximum absolute atomic E-state index is 12.8. The van der Waals surface area contributed by atoms with Crippen molar-refractivity contribution >= 4 is 23.4 Å². The summed E-state index contributed by atoms with van der Waals surface area (Å²) in [5, 5.41) is 5.84. The highest BCUT2D eigenvalue weighted by molar-refractivity contribution is 6.04. The lowest BCUT2D eigenvalue weighted by atomic mass is 9.95. The zero-order chi connectivity index (χ0) is 22.4. The molecule has 0 radical (unpaired) electrons. The molecule has 6 nitrogen and oxygen atoms in total. The quantitative estimate of drug-likeness (QED) is 0.743. The number of piperidine rings is 1. The molecule has 3 rings (SSSR count). The van der Waals surface area contributed by atoms with Gasteiger partial charge in [0.15, 0.2) is 0 Å². The number of carbonyl (C=O) groups excluding carboxylic acids is 3. The average Bonchev–Trinajstić information content (AvgIpc) is 2.78. The first-order valence-corrected chi connectivity index (χ1v) is 10.9. The summed E-state index contributed by atoms with van der Waals surface area (Å²) in [4.78, 5) is 39.2. The van der Waals surface area contributed by atoms with E-state index in [1.807, 2.05) is 19.1 Å². The summed E-state index contributed by atoms with van der Waals surface area (Å²) >= 11 is 0. The average molecular weight is 422 g/mol. The molecule has 0 saturated carbocycles. The Kier molecular flexibility index (Phi) is 7.45. The molecule has 0 aliphatic carbocycles. The third-order valence-electron chi connectivity index (χ3n) is 5.54. The summed E-state index contributed by atoms with van der Waals surface area (Å²) < 4.78 is 0. The van der Waals surface area contributed by atoms with Crippen molar-refractivity contribution in [2.45, 2.75) is 33.6 Å². The van der Waals surface area contributed by atoms with Crippen LogP contribution >= 0.6 is 0 Å². The van der Waals surface area contributed by atoms with Crippen LogP contribution in [-0.2, 0) is 4.79 Å². The number of benzene rings is 2. The van der Waals surface area contributed by atoms with Gasteiger partial charge in [0, 0.05) is 42.4 Å². The van der Waals surface area contributed by atoms with Crippen LogP contribution in [0.4, 0.5) is 5.69 Å². The van der Waals surface area contributed by atoms with E-state index in [0.717, 1.165) is 5.56 Å². The molecule has 1 heterocycles. The van der Waals surface area contributed by atoms with Gasteiger partial charge in [-0.2, -0.15) is 0 Å². The number of carbonyl (C=O) groups is 3. The topological polar surface area (TPSA) is 78.5 Å². The highest BCUT2D eigenvalue weighted by atomic mass is 16.2. The summed E-state index contributed by atoms with van der Waals surface area (Å²) in [6, 6.07) is 14.3. The minimum absolute atomic E-state index is 0.0258. The van der Waals surface area contributed by atoms with Crippen LogP contribution in [0.25, 0.3) is 0 Å². The number of amides is 3. The normalized spacial score (nSPS) is 14.4. The fraction of sp³-hybridized carbons (Fsp3) is 0.400. The first-order valence-electron chi connectivity index (χ1n) is 10.9. The third kappa shape index (κ3) is 6.17. The van der Waals surface area contributed by atoms with Gasteiger partial charge in [0.05, 0.1) is 0 Å². The van der Waals surface area contributed by atoms with Crippen LogP contribution in [0, 0.1) is 18.8 Å². The number of aryl methyl sites for hydroxylation is 1.